The average Bonchev–Trinajstić information content (AvgIpc) is 2.89. The maximum atomic E-state index is 14.3. The van der Waals surface area contributed by atoms with Gasteiger partial charge in [0.15, 0.2) is 11.6 Å². The first-order valence-electron chi connectivity index (χ1n) is 7.75. The van der Waals surface area contributed by atoms with Crippen LogP contribution >= 0.6 is 0 Å². The molecule has 0 saturated heterocycles. The molecular weight excluding hydrogens is 254 g/mol. The summed E-state index contributed by atoms with van der Waals surface area (Å²) in [6.45, 7) is 5.80. The molecule has 2 unspecified atom stereocenters. The highest BCUT2D eigenvalue weighted by atomic mass is 19.2. The van der Waals surface area contributed by atoms with Crippen molar-refractivity contribution in [3.63, 3.8) is 0 Å². The molecule has 1 aliphatic carbocycles. The summed E-state index contributed by atoms with van der Waals surface area (Å²) in [5, 5.41) is 0. The van der Waals surface area contributed by atoms with Crippen molar-refractivity contribution in [3.8, 4) is 0 Å². The van der Waals surface area contributed by atoms with Crippen molar-refractivity contribution in [2.75, 3.05) is 0 Å². The van der Waals surface area contributed by atoms with Crippen molar-refractivity contribution in [1.82, 2.24) is 0 Å². The number of halogens is 2. The van der Waals surface area contributed by atoms with Crippen LogP contribution in [0.3, 0.4) is 0 Å². The zero-order valence-electron chi connectivity index (χ0n) is 12.3. The predicted molar refractivity (Wildman–Crippen MR) is 79.9 cm³/mol. The van der Waals surface area contributed by atoms with Crippen LogP contribution in [0.5, 0.6) is 0 Å². The van der Waals surface area contributed by atoms with Crippen LogP contribution in [0.4, 0.5) is 8.78 Å². The van der Waals surface area contributed by atoms with Gasteiger partial charge >= 0.3 is 0 Å². The molecule has 0 N–H and O–H groups in total. The second-order valence-corrected chi connectivity index (χ2v) is 5.93. The quantitative estimate of drug-likeness (QED) is 0.580. The van der Waals surface area contributed by atoms with Crippen LogP contribution in [0.1, 0.15) is 62.5 Å². The van der Waals surface area contributed by atoms with Gasteiger partial charge in [0.2, 0.25) is 0 Å². The normalized spacial score (nSPS) is 22.1. The Bertz CT molecular complexity index is 465. The van der Waals surface area contributed by atoms with Gasteiger partial charge < -0.3 is 0 Å². The van der Waals surface area contributed by atoms with E-state index in [1.807, 2.05) is 0 Å². The van der Waals surface area contributed by atoms with Gasteiger partial charge in [0.1, 0.15) is 0 Å². The number of rotatable bonds is 6. The Hall–Kier alpha value is -1.18. The third kappa shape index (κ3) is 3.28. The van der Waals surface area contributed by atoms with Crippen LogP contribution in [-0.4, -0.2) is 0 Å². The minimum atomic E-state index is -0.650. The highest BCUT2D eigenvalue weighted by molar-refractivity contribution is 5.30. The standard InChI is InChI=1S/C18H24F2/c1-3-5-7-14-10-11-16(18(20)17(14)19)15-9-8-13(12-15)6-4-2/h3,10-11,13,15H,1,4-9,12H2,2H3. The molecule has 0 heterocycles. The van der Waals surface area contributed by atoms with Gasteiger partial charge in [-0.3, -0.25) is 0 Å². The van der Waals surface area contributed by atoms with Gasteiger partial charge in [-0.1, -0.05) is 38.0 Å². The lowest BCUT2D eigenvalue weighted by Gasteiger charge is -2.14. The highest BCUT2D eigenvalue weighted by Gasteiger charge is 2.28. The molecule has 2 heteroatoms. The van der Waals surface area contributed by atoms with Crippen molar-refractivity contribution >= 4 is 0 Å². The van der Waals surface area contributed by atoms with E-state index in [2.05, 4.69) is 13.5 Å². The maximum absolute atomic E-state index is 14.3. The molecular formula is C18H24F2. The molecule has 1 saturated carbocycles. The SMILES string of the molecule is C=CCCc1ccc(C2CCC(CCC)C2)c(F)c1F. The Kier molecular flexibility index (Phi) is 5.33. The summed E-state index contributed by atoms with van der Waals surface area (Å²) in [4.78, 5) is 0. The lowest BCUT2D eigenvalue weighted by molar-refractivity contribution is 0.466. The van der Waals surface area contributed by atoms with E-state index in [9.17, 15) is 8.78 Å². The summed E-state index contributed by atoms with van der Waals surface area (Å²) >= 11 is 0. The Labute approximate surface area is 120 Å². The van der Waals surface area contributed by atoms with Gasteiger partial charge in [0.05, 0.1) is 0 Å². The summed E-state index contributed by atoms with van der Waals surface area (Å²) in [6.07, 6.45) is 8.47. The molecule has 2 atom stereocenters. The van der Waals surface area contributed by atoms with Crippen LogP contribution in [-0.2, 0) is 6.42 Å². The number of hydrogen-bond acceptors (Lipinski definition) is 0. The minimum absolute atomic E-state index is 0.203. The minimum Gasteiger partial charge on any atom is -0.203 e. The van der Waals surface area contributed by atoms with Gasteiger partial charge in [0.25, 0.3) is 0 Å². The first-order valence-corrected chi connectivity index (χ1v) is 7.75. The topological polar surface area (TPSA) is 0 Å². The first kappa shape index (κ1) is 15.2. The van der Waals surface area contributed by atoms with E-state index in [0.29, 0.717) is 29.9 Å². The van der Waals surface area contributed by atoms with Crippen LogP contribution in [0.2, 0.25) is 0 Å². The highest BCUT2D eigenvalue weighted by Crippen LogP contribution is 2.41. The fraction of sp³-hybridized carbons (Fsp3) is 0.556. The molecule has 0 spiro atoms. The number of hydrogen-bond donors (Lipinski definition) is 0. The van der Waals surface area contributed by atoms with E-state index in [0.717, 1.165) is 19.3 Å². The third-order valence-corrected chi connectivity index (χ3v) is 4.49. The Morgan fingerprint density at radius 2 is 2.05 bits per heavy atom. The number of allylic oxidation sites excluding steroid dienone is 1. The van der Waals surface area contributed by atoms with Crippen molar-refractivity contribution in [2.24, 2.45) is 5.92 Å². The van der Waals surface area contributed by atoms with E-state index in [1.165, 1.54) is 12.8 Å². The Morgan fingerprint density at radius 3 is 2.75 bits per heavy atom. The zero-order chi connectivity index (χ0) is 14.5. The summed E-state index contributed by atoms with van der Waals surface area (Å²) in [5.41, 5.74) is 1.05. The monoisotopic (exact) mass is 278 g/mol. The Balaban J connectivity index is 2.13. The molecule has 0 nitrogen and oxygen atoms in total. The van der Waals surface area contributed by atoms with Gasteiger partial charge in [-0.05, 0) is 55.1 Å². The lowest BCUT2D eigenvalue weighted by atomic mass is 9.93. The summed E-state index contributed by atoms with van der Waals surface area (Å²) in [7, 11) is 0. The number of benzene rings is 1. The number of aryl methyl sites for hydroxylation is 1. The summed E-state index contributed by atoms with van der Waals surface area (Å²) in [5.74, 6) is -0.376. The zero-order valence-corrected chi connectivity index (χ0v) is 12.3. The molecule has 2 rings (SSSR count). The van der Waals surface area contributed by atoms with Gasteiger partial charge in [-0.2, -0.15) is 0 Å². The third-order valence-electron chi connectivity index (χ3n) is 4.49. The van der Waals surface area contributed by atoms with E-state index >= 15 is 0 Å². The molecule has 0 aliphatic heterocycles. The van der Waals surface area contributed by atoms with Gasteiger partial charge in [-0.15, -0.1) is 6.58 Å². The van der Waals surface area contributed by atoms with Crippen LogP contribution in [0, 0.1) is 17.6 Å². The fourth-order valence-corrected chi connectivity index (χ4v) is 3.40. The van der Waals surface area contributed by atoms with E-state index in [1.54, 1.807) is 18.2 Å². The largest absolute Gasteiger partial charge is 0.203 e. The van der Waals surface area contributed by atoms with Crippen molar-refractivity contribution in [2.45, 2.75) is 57.8 Å². The van der Waals surface area contributed by atoms with E-state index in [4.69, 9.17) is 0 Å². The molecule has 20 heavy (non-hydrogen) atoms. The summed E-state index contributed by atoms with van der Waals surface area (Å²) in [6, 6.07) is 3.56. The van der Waals surface area contributed by atoms with Crippen molar-refractivity contribution in [1.29, 1.82) is 0 Å². The average molecular weight is 278 g/mol. The predicted octanol–water partition coefficient (Wildman–Crippen LogP) is 5.77. The van der Waals surface area contributed by atoms with Crippen molar-refractivity contribution < 1.29 is 8.78 Å². The van der Waals surface area contributed by atoms with Crippen LogP contribution in [0.15, 0.2) is 24.8 Å². The second-order valence-electron chi connectivity index (χ2n) is 5.93. The Morgan fingerprint density at radius 1 is 1.25 bits per heavy atom. The van der Waals surface area contributed by atoms with E-state index in [-0.39, 0.29) is 5.92 Å². The van der Waals surface area contributed by atoms with Crippen LogP contribution < -0.4 is 0 Å². The summed E-state index contributed by atoms with van der Waals surface area (Å²) < 4.78 is 28.3. The molecule has 110 valence electrons. The van der Waals surface area contributed by atoms with Crippen LogP contribution in [0.25, 0.3) is 0 Å². The van der Waals surface area contributed by atoms with Gasteiger partial charge in [-0.25, -0.2) is 8.78 Å². The maximum Gasteiger partial charge on any atom is 0.162 e. The fourth-order valence-electron chi connectivity index (χ4n) is 3.40. The first-order chi connectivity index (χ1) is 9.67. The molecule has 0 radical (unpaired) electrons. The molecule has 0 aromatic heterocycles. The van der Waals surface area contributed by atoms with Crippen molar-refractivity contribution in [3.05, 3.63) is 47.5 Å². The smallest absolute Gasteiger partial charge is 0.162 e. The molecule has 1 fully saturated rings. The lowest BCUT2D eigenvalue weighted by Crippen LogP contribution is -2.04. The molecule has 1 aromatic carbocycles. The molecule has 1 aromatic rings. The molecule has 0 amide bonds. The molecule has 1 aliphatic rings. The van der Waals surface area contributed by atoms with Gasteiger partial charge in [0, 0.05) is 0 Å². The van der Waals surface area contributed by atoms with E-state index < -0.39 is 11.6 Å². The molecule has 0 bridgehead atoms. The second kappa shape index (κ2) is 7.01.